The molecule has 3 aliphatic rings. The molecule has 3 saturated heterocycles. The van der Waals surface area contributed by atoms with Gasteiger partial charge in [-0.15, -0.1) is 24.9 Å². The van der Waals surface area contributed by atoms with Crippen LogP contribution < -0.4 is 4.90 Å². The third kappa shape index (κ3) is 5.46. The molecule has 3 fully saturated rings. The summed E-state index contributed by atoms with van der Waals surface area (Å²) < 4.78 is -0.853. The highest BCUT2D eigenvalue weighted by atomic mass is 35.5. The van der Waals surface area contributed by atoms with E-state index in [1.54, 1.807) is 56.8 Å². The molecule has 3 heterocycles. The number of likely N-dealkylation sites (tertiary alicyclic amines) is 1. The van der Waals surface area contributed by atoms with Gasteiger partial charge in [-0.3, -0.25) is 14.4 Å². The first-order valence-corrected chi connectivity index (χ1v) is 16.9. The van der Waals surface area contributed by atoms with Crippen molar-refractivity contribution in [2.75, 3.05) is 24.6 Å². The fraction of sp³-hybridized carbons (Fsp3) is 0.324. The number of hydrogen-bond donors (Lipinski definition) is 1. The van der Waals surface area contributed by atoms with Crippen LogP contribution in [0.2, 0.25) is 5.02 Å². The molecule has 0 saturated carbocycles. The Morgan fingerprint density at radius 2 is 1.63 bits per heavy atom. The van der Waals surface area contributed by atoms with Crippen molar-refractivity contribution in [3.8, 4) is 0 Å². The normalized spacial score (nSPS) is 25.2. The van der Waals surface area contributed by atoms with Crippen molar-refractivity contribution in [3.63, 3.8) is 0 Å². The second-order valence-electron chi connectivity index (χ2n) is 12.1. The average molecular weight is 656 g/mol. The molecule has 3 amide bonds. The number of halogens is 1. The molecule has 3 aromatic carbocycles. The molecule has 2 unspecified atom stereocenters. The predicted molar refractivity (Wildman–Crippen MR) is 183 cm³/mol. The molecular formula is C37H38ClN3O4S. The average Bonchev–Trinajstić information content (AvgIpc) is 3.72. The number of benzene rings is 3. The third-order valence-electron chi connectivity index (χ3n) is 9.55. The molecule has 0 aliphatic carbocycles. The lowest BCUT2D eigenvalue weighted by molar-refractivity contribution is -0.145. The van der Waals surface area contributed by atoms with Gasteiger partial charge in [-0.05, 0) is 36.1 Å². The molecule has 3 aliphatic heterocycles. The lowest BCUT2D eigenvalue weighted by Gasteiger charge is -2.40. The van der Waals surface area contributed by atoms with Gasteiger partial charge in [-0.2, -0.15) is 0 Å². The number of aliphatic hydroxyl groups is 1. The first-order valence-electron chi connectivity index (χ1n) is 15.6. The maximum atomic E-state index is 15.0. The Kier molecular flexibility index (Phi) is 9.41. The number of rotatable bonds is 12. The largest absolute Gasteiger partial charge is 0.394 e. The van der Waals surface area contributed by atoms with Crippen molar-refractivity contribution in [1.29, 1.82) is 0 Å². The Morgan fingerprint density at radius 3 is 2.28 bits per heavy atom. The van der Waals surface area contributed by atoms with E-state index in [9.17, 15) is 19.5 Å². The van der Waals surface area contributed by atoms with Gasteiger partial charge in [0.25, 0.3) is 5.91 Å². The second kappa shape index (κ2) is 13.5. The predicted octanol–water partition coefficient (Wildman–Crippen LogP) is 5.90. The molecule has 7 nitrogen and oxygen atoms in total. The molecule has 3 aromatic rings. The highest BCUT2D eigenvalue weighted by Crippen LogP contribution is 2.67. The molecule has 6 atom stereocenters. The first-order chi connectivity index (χ1) is 22.4. The summed E-state index contributed by atoms with van der Waals surface area (Å²) in [7, 11) is 0. The third-order valence-corrected chi connectivity index (χ3v) is 11.8. The highest BCUT2D eigenvalue weighted by Gasteiger charge is 2.74. The zero-order valence-corrected chi connectivity index (χ0v) is 27.2. The van der Waals surface area contributed by atoms with E-state index < -0.39 is 28.7 Å². The minimum atomic E-state index is -0.937. The molecule has 1 spiro atoms. The SMILES string of the molecule is C=CCN(Cc1ccccc1)C(=O)[C@@H]1[C@H]2C(=O)N([C@H](CO)c3ccccc3)C(C(=O)N(CC=C)c3ccccc3Cl)C23CC[C@H]1S3. The lowest BCUT2D eigenvalue weighted by Crippen LogP contribution is -2.56. The van der Waals surface area contributed by atoms with E-state index in [-0.39, 0.29) is 36.1 Å². The second-order valence-corrected chi connectivity index (χ2v) is 14.1. The summed E-state index contributed by atoms with van der Waals surface area (Å²) in [6.45, 7) is 8.32. The van der Waals surface area contributed by atoms with Crippen LogP contribution in [0.1, 0.15) is 30.0 Å². The van der Waals surface area contributed by atoms with Gasteiger partial charge in [-0.1, -0.05) is 96.5 Å². The summed E-state index contributed by atoms with van der Waals surface area (Å²) >= 11 is 8.23. The fourth-order valence-corrected chi connectivity index (χ4v) is 10.1. The molecule has 0 aromatic heterocycles. The van der Waals surface area contributed by atoms with Crippen LogP contribution in [0.3, 0.4) is 0 Å². The fourth-order valence-electron chi connectivity index (χ4n) is 7.67. The summed E-state index contributed by atoms with van der Waals surface area (Å²) in [5, 5.41) is 11.1. The smallest absolute Gasteiger partial charge is 0.251 e. The van der Waals surface area contributed by atoms with E-state index >= 15 is 0 Å². The summed E-state index contributed by atoms with van der Waals surface area (Å²) in [5.74, 6) is -2.02. The number of fused-ring (bicyclic) bond motifs is 1. The number of amides is 3. The molecule has 1 N–H and O–H groups in total. The van der Waals surface area contributed by atoms with E-state index in [4.69, 9.17) is 11.6 Å². The van der Waals surface area contributed by atoms with Crippen LogP contribution >= 0.6 is 23.4 Å². The Hall–Kier alpha value is -3.85. The van der Waals surface area contributed by atoms with E-state index in [1.165, 1.54) is 0 Å². The van der Waals surface area contributed by atoms with Gasteiger partial charge in [0.15, 0.2) is 0 Å². The van der Waals surface area contributed by atoms with Gasteiger partial charge >= 0.3 is 0 Å². The van der Waals surface area contributed by atoms with Crippen LogP contribution in [0, 0.1) is 11.8 Å². The zero-order valence-electron chi connectivity index (χ0n) is 25.6. The number of anilines is 1. The topological polar surface area (TPSA) is 81.2 Å². The Bertz CT molecular complexity index is 1620. The molecular weight excluding hydrogens is 618 g/mol. The van der Waals surface area contributed by atoms with Gasteiger partial charge in [0.1, 0.15) is 6.04 Å². The van der Waals surface area contributed by atoms with Gasteiger partial charge in [-0.25, -0.2) is 0 Å². The van der Waals surface area contributed by atoms with Crippen molar-refractivity contribution in [1.82, 2.24) is 9.80 Å². The molecule has 2 bridgehead atoms. The van der Waals surface area contributed by atoms with E-state index in [0.29, 0.717) is 36.6 Å². The molecule has 238 valence electrons. The van der Waals surface area contributed by atoms with E-state index in [0.717, 1.165) is 11.1 Å². The van der Waals surface area contributed by atoms with Gasteiger partial charge in [0.05, 0.1) is 39.9 Å². The Morgan fingerprint density at radius 1 is 0.978 bits per heavy atom. The van der Waals surface area contributed by atoms with Crippen molar-refractivity contribution in [2.24, 2.45) is 11.8 Å². The van der Waals surface area contributed by atoms with Gasteiger partial charge < -0.3 is 19.8 Å². The maximum absolute atomic E-state index is 15.0. The van der Waals surface area contributed by atoms with Crippen molar-refractivity contribution < 1.29 is 19.5 Å². The van der Waals surface area contributed by atoms with Crippen LogP contribution in [0.5, 0.6) is 0 Å². The molecule has 9 heteroatoms. The zero-order chi connectivity index (χ0) is 32.4. The van der Waals surface area contributed by atoms with Crippen LogP contribution in [-0.2, 0) is 20.9 Å². The summed E-state index contributed by atoms with van der Waals surface area (Å²) in [6, 6.07) is 24.5. The molecule has 46 heavy (non-hydrogen) atoms. The molecule has 0 radical (unpaired) electrons. The Balaban J connectivity index is 1.45. The number of aliphatic hydroxyl groups excluding tert-OH is 1. The summed E-state index contributed by atoms with van der Waals surface area (Å²) in [6.07, 6.45) is 4.66. The minimum absolute atomic E-state index is 0.108. The standard InChI is InChI=1S/C37H38ClN3O4S/c1-3-21-39(23-25-13-7-5-8-14-25)34(43)31-30-19-20-37(46-30)32(31)35(44)41(29(24-42)26-15-9-6-10-16-26)33(37)36(45)40(22-4-2)28-18-12-11-17-27(28)38/h3-18,29-33,42H,1-2,19-24H2/t29-,30-,31+,32+,33?,37?/m1/s1. The first kappa shape index (κ1) is 32.1. The highest BCUT2D eigenvalue weighted by molar-refractivity contribution is 8.02. The summed E-state index contributed by atoms with van der Waals surface area (Å²) in [5.41, 5.74) is 2.23. The molecule has 6 rings (SSSR count). The number of carbonyl (C=O) groups excluding carboxylic acids is 3. The minimum Gasteiger partial charge on any atom is -0.394 e. The number of thioether (sulfide) groups is 1. The quantitative estimate of drug-likeness (QED) is 0.246. The number of para-hydroxylation sites is 1. The number of carbonyl (C=O) groups is 3. The maximum Gasteiger partial charge on any atom is 0.251 e. The lowest BCUT2D eigenvalue weighted by atomic mass is 9.70. The van der Waals surface area contributed by atoms with Crippen molar-refractivity contribution in [3.05, 3.63) is 126 Å². The van der Waals surface area contributed by atoms with Crippen LogP contribution in [0.4, 0.5) is 5.69 Å². The number of nitrogens with zero attached hydrogens (tertiary/aromatic N) is 3. The van der Waals surface area contributed by atoms with E-state index in [1.807, 2.05) is 66.7 Å². The summed E-state index contributed by atoms with van der Waals surface area (Å²) in [4.78, 5) is 49.3. The van der Waals surface area contributed by atoms with Gasteiger partial charge in [0, 0.05) is 24.9 Å². The van der Waals surface area contributed by atoms with Crippen LogP contribution in [0.15, 0.2) is 110 Å². The van der Waals surface area contributed by atoms with Crippen LogP contribution in [-0.4, -0.2) is 68.4 Å². The monoisotopic (exact) mass is 655 g/mol. The number of hydrogen-bond acceptors (Lipinski definition) is 5. The Labute approximate surface area is 279 Å². The van der Waals surface area contributed by atoms with E-state index in [2.05, 4.69) is 13.2 Å². The van der Waals surface area contributed by atoms with Crippen molar-refractivity contribution in [2.45, 2.75) is 41.5 Å². The van der Waals surface area contributed by atoms with Crippen molar-refractivity contribution >= 4 is 46.8 Å². The van der Waals surface area contributed by atoms with Crippen LogP contribution in [0.25, 0.3) is 0 Å². The van der Waals surface area contributed by atoms with Gasteiger partial charge in [0.2, 0.25) is 11.8 Å².